The van der Waals surface area contributed by atoms with Gasteiger partial charge in [0.25, 0.3) is 0 Å². The van der Waals surface area contributed by atoms with Gasteiger partial charge in [0.2, 0.25) is 5.78 Å². The van der Waals surface area contributed by atoms with Crippen LogP contribution >= 0.6 is 0 Å². The predicted octanol–water partition coefficient (Wildman–Crippen LogP) is 2.72. The number of hydrogen-bond acceptors (Lipinski definition) is 3. The van der Waals surface area contributed by atoms with Gasteiger partial charge in [-0.15, -0.1) is 0 Å². The number of rotatable bonds is 2. The Morgan fingerprint density at radius 1 is 0.950 bits per heavy atom. The molecule has 3 heteroatoms. The molecule has 20 heavy (non-hydrogen) atoms. The van der Waals surface area contributed by atoms with Gasteiger partial charge in [0.15, 0.2) is 11.5 Å². The first-order valence-electron chi connectivity index (χ1n) is 6.96. The Hall–Kier alpha value is -1.90. The van der Waals surface area contributed by atoms with Gasteiger partial charge in [0.05, 0.1) is 7.11 Å². The molecule has 3 nitrogen and oxygen atoms in total. The van der Waals surface area contributed by atoms with E-state index in [1.54, 1.807) is 6.92 Å². The van der Waals surface area contributed by atoms with Crippen molar-refractivity contribution in [2.24, 2.45) is 17.8 Å². The Kier molecular flexibility index (Phi) is 3.00. The van der Waals surface area contributed by atoms with Crippen LogP contribution in [0.4, 0.5) is 0 Å². The first kappa shape index (κ1) is 13.1. The number of methoxy groups -OCH3 is 1. The van der Waals surface area contributed by atoms with Crippen molar-refractivity contribution in [3.63, 3.8) is 0 Å². The summed E-state index contributed by atoms with van der Waals surface area (Å²) in [4.78, 5) is 25.0. The highest BCUT2D eigenvalue weighted by atomic mass is 16.5. The molecule has 3 rings (SSSR count). The third kappa shape index (κ3) is 1.59. The maximum atomic E-state index is 12.5. The smallest absolute Gasteiger partial charge is 0.201 e. The fourth-order valence-corrected chi connectivity index (χ4v) is 3.82. The molecule has 0 radical (unpaired) electrons. The number of Topliss-reactive ketones (excluding diaryl/α,β-unsaturated/α-hetero) is 2. The van der Waals surface area contributed by atoms with Crippen molar-refractivity contribution >= 4 is 11.6 Å². The summed E-state index contributed by atoms with van der Waals surface area (Å²) >= 11 is 0. The van der Waals surface area contributed by atoms with E-state index in [0.29, 0.717) is 5.57 Å². The topological polar surface area (TPSA) is 43.4 Å². The van der Waals surface area contributed by atoms with Crippen molar-refractivity contribution in [3.8, 4) is 0 Å². The van der Waals surface area contributed by atoms with E-state index < -0.39 is 0 Å². The van der Waals surface area contributed by atoms with Gasteiger partial charge in [-0.1, -0.05) is 37.3 Å². The van der Waals surface area contributed by atoms with E-state index in [4.69, 9.17) is 4.74 Å². The van der Waals surface area contributed by atoms with E-state index in [9.17, 15) is 9.59 Å². The second-order valence-electron chi connectivity index (χ2n) is 5.73. The first-order chi connectivity index (χ1) is 9.57. The van der Waals surface area contributed by atoms with Gasteiger partial charge in [0.1, 0.15) is 0 Å². The summed E-state index contributed by atoms with van der Waals surface area (Å²) in [7, 11) is 1.46. The molecule has 0 aromatic heterocycles. The molecule has 1 saturated carbocycles. The third-order valence-corrected chi connectivity index (χ3v) is 4.83. The Labute approximate surface area is 118 Å². The Bertz CT molecular complexity index is 600. The zero-order valence-corrected chi connectivity index (χ0v) is 11.9. The zero-order chi connectivity index (χ0) is 14.4. The molecule has 0 aliphatic heterocycles. The fraction of sp³-hybridized carbons (Fsp3) is 0.412. The van der Waals surface area contributed by atoms with Crippen LogP contribution in [0.15, 0.2) is 41.7 Å². The lowest BCUT2D eigenvalue weighted by Gasteiger charge is -2.51. The minimum Gasteiger partial charge on any atom is -0.493 e. The summed E-state index contributed by atoms with van der Waals surface area (Å²) in [6, 6.07) is 10.0. The number of ether oxygens (including phenoxy) is 1. The quantitative estimate of drug-likeness (QED) is 0.830. The number of hydrogen-bond donors (Lipinski definition) is 0. The standard InChI is InChI=1S/C17H18O3/c1-9-12(11-7-5-4-6-8-11)14-13(9)16(19)17(20-3)10(2)15(14)18/h4-9,12-14H,1-3H3/t9-,12+,13?,14?/m1/s1. The second kappa shape index (κ2) is 4.58. The van der Waals surface area contributed by atoms with Crippen molar-refractivity contribution in [3.05, 3.63) is 47.2 Å². The minimum absolute atomic E-state index is 0.00530. The number of fused-ring (bicyclic) bond motifs is 1. The molecule has 1 fully saturated rings. The van der Waals surface area contributed by atoms with E-state index in [1.165, 1.54) is 7.11 Å². The molecule has 0 N–H and O–H groups in total. The number of carbonyl (C=O) groups excluding carboxylic acids is 2. The highest BCUT2D eigenvalue weighted by Gasteiger charge is 2.58. The van der Waals surface area contributed by atoms with Gasteiger partial charge >= 0.3 is 0 Å². The number of ketones is 2. The Morgan fingerprint density at radius 3 is 2.20 bits per heavy atom. The SMILES string of the molecule is COC1=C(C)C(=O)C2C(C1=O)[C@H](C)[C@H]2c1ccccc1. The third-order valence-electron chi connectivity index (χ3n) is 4.83. The lowest BCUT2D eigenvalue weighted by atomic mass is 9.50. The van der Waals surface area contributed by atoms with Gasteiger partial charge in [-0.2, -0.15) is 0 Å². The Morgan fingerprint density at radius 2 is 1.60 bits per heavy atom. The van der Waals surface area contributed by atoms with Crippen LogP contribution in [-0.2, 0) is 14.3 Å². The van der Waals surface area contributed by atoms with Crippen LogP contribution in [0.25, 0.3) is 0 Å². The van der Waals surface area contributed by atoms with Gasteiger partial charge in [-0.3, -0.25) is 9.59 Å². The molecule has 1 aromatic carbocycles. The molecule has 0 saturated heterocycles. The van der Waals surface area contributed by atoms with Crippen LogP contribution in [-0.4, -0.2) is 18.7 Å². The van der Waals surface area contributed by atoms with E-state index in [0.717, 1.165) is 5.56 Å². The summed E-state index contributed by atoms with van der Waals surface area (Å²) < 4.78 is 5.14. The van der Waals surface area contributed by atoms with Crippen molar-refractivity contribution in [2.45, 2.75) is 19.8 Å². The van der Waals surface area contributed by atoms with E-state index >= 15 is 0 Å². The van der Waals surface area contributed by atoms with Gasteiger partial charge in [-0.05, 0) is 24.3 Å². The van der Waals surface area contributed by atoms with Crippen LogP contribution in [0.1, 0.15) is 25.3 Å². The normalized spacial score (nSPS) is 32.8. The summed E-state index contributed by atoms with van der Waals surface area (Å²) in [6.07, 6.45) is 0. The van der Waals surface area contributed by atoms with Gasteiger partial charge in [0, 0.05) is 17.4 Å². The van der Waals surface area contributed by atoms with Crippen LogP contribution in [0.5, 0.6) is 0 Å². The zero-order valence-electron chi connectivity index (χ0n) is 11.9. The Balaban J connectivity index is 2.01. The van der Waals surface area contributed by atoms with Crippen molar-refractivity contribution in [1.82, 2.24) is 0 Å². The summed E-state index contributed by atoms with van der Waals surface area (Å²) in [5, 5.41) is 0. The van der Waals surface area contributed by atoms with Gasteiger partial charge in [-0.25, -0.2) is 0 Å². The monoisotopic (exact) mass is 270 g/mol. The molecule has 4 atom stereocenters. The van der Waals surface area contributed by atoms with Gasteiger partial charge < -0.3 is 4.74 Å². The highest BCUT2D eigenvalue weighted by Crippen LogP contribution is 2.56. The molecular weight excluding hydrogens is 252 g/mol. The summed E-state index contributed by atoms with van der Waals surface area (Å²) in [5.74, 6) is 0.218. The van der Waals surface area contributed by atoms with Crippen molar-refractivity contribution in [2.75, 3.05) is 7.11 Å². The largest absolute Gasteiger partial charge is 0.493 e. The molecular formula is C17H18O3. The molecule has 2 unspecified atom stereocenters. The molecule has 1 aromatic rings. The summed E-state index contributed by atoms with van der Waals surface area (Å²) in [6.45, 7) is 3.75. The average molecular weight is 270 g/mol. The molecule has 104 valence electrons. The van der Waals surface area contributed by atoms with Crippen LogP contribution in [0.3, 0.4) is 0 Å². The molecule has 2 aliphatic carbocycles. The average Bonchev–Trinajstić information content (AvgIpc) is 2.44. The highest BCUT2D eigenvalue weighted by molar-refractivity contribution is 6.14. The van der Waals surface area contributed by atoms with E-state index in [-0.39, 0.29) is 41.0 Å². The number of allylic oxidation sites excluding steroid dienone is 2. The second-order valence-corrected chi connectivity index (χ2v) is 5.73. The molecule has 0 amide bonds. The molecule has 0 bridgehead atoms. The maximum Gasteiger partial charge on any atom is 0.201 e. The van der Waals surface area contributed by atoms with Crippen LogP contribution in [0.2, 0.25) is 0 Å². The first-order valence-corrected chi connectivity index (χ1v) is 6.96. The number of benzene rings is 1. The van der Waals surface area contributed by atoms with E-state index in [2.05, 4.69) is 6.92 Å². The predicted molar refractivity (Wildman–Crippen MR) is 75.1 cm³/mol. The summed E-state index contributed by atoms with van der Waals surface area (Å²) in [5.41, 5.74) is 1.63. The lowest BCUT2D eigenvalue weighted by molar-refractivity contribution is -0.145. The molecule has 2 aliphatic rings. The minimum atomic E-state index is -0.216. The van der Waals surface area contributed by atoms with E-state index in [1.807, 2.05) is 30.3 Å². The fourth-order valence-electron chi connectivity index (χ4n) is 3.82. The van der Waals surface area contributed by atoms with Crippen molar-refractivity contribution < 1.29 is 14.3 Å². The number of carbonyl (C=O) groups is 2. The molecule has 0 heterocycles. The van der Waals surface area contributed by atoms with Crippen molar-refractivity contribution in [1.29, 1.82) is 0 Å². The van der Waals surface area contributed by atoms with Crippen LogP contribution < -0.4 is 0 Å². The lowest BCUT2D eigenvalue weighted by Crippen LogP contribution is -2.55. The molecule has 0 spiro atoms. The van der Waals surface area contributed by atoms with Crippen LogP contribution in [0, 0.1) is 17.8 Å². The maximum absolute atomic E-state index is 12.5.